The van der Waals surface area contributed by atoms with E-state index in [1.165, 1.54) is 6.20 Å². The Labute approximate surface area is 111 Å². The summed E-state index contributed by atoms with van der Waals surface area (Å²) in [5.74, 6) is 0.573. The van der Waals surface area contributed by atoms with E-state index >= 15 is 0 Å². The molecule has 0 bridgehead atoms. The number of nitrogen functional groups attached to an aromatic ring is 1. The first kappa shape index (κ1) is 12.4. The third kappa shape index (κ3) is 2.46. The number of aromatic nitrogens is 1. The first-order chi connectivity index (χ1) is 9.15. The third-order valence-electron chi connectivity index (χ3n) is 2.73. The van der Waals surface area contributed by atoms with Gasteiger partial charge in [-0.1, -0.05) is 0 Å². The van der Waals surface area contributed by atoms with Gasteiger partial charge in [0.15, 0.2) is 5.82 Å². The lowest BCUT2D eigenvalue weighted by atomic mass is 10.2. The van der Waals surface area contributed by atoms with Gasteiger partial charge in [-0.3, -0.25) is 0 Å². The highest BCUT2D eigenvalue weighted by molar-refractivity contribution is 5.71. The first-order valence-electron chi connectivity index (χ1n) is 5.55. The highest BCUT2D eigenvalue weighted by Crippen LogP contribution is 2.27. The average molecular weight is 249 g/mol. The van der Waals surface area contributed by atoms with Crippen LogP contribution in [0.2, 0.25) is 0 Å². The van der Waals surface area contributed by atoms with Crippen molar-refractivity contribution in [3.63, 3.8) is 0 Å². The van der Waals surface area contributed by atoms with Crippen LogP contribution >= 0.6 is 0 Å². The molecule has 5 heteroatoms. The van der Waals surface area contributed by atoms with Crippen LogP contribution in [-0.2, 0) is 0 Å². The van der Waals surface area contributed by atoms with E-state index in [-0.39, 0.29) is 0 Å². The molecular weight excluding hydrogens is 238 g/mol. The number of nitrogens with zero attached hydrogens (tertiary/aromatic N) is 4. The molecule has 0 saturated carbocycles. The van der Waals surface area contributed by atoms with Crippen molar-refractivity contribution in [1.82, 2.24) is 4.98 Å². The highest BCUT2D eigenvalue weighted by Gasteiger charge is 2.10. The summed E-state index contributed by atoms with van der Waals surface area (Å²) in [6, 6.07) is 12.7. The van der Waals surface area contributed by atoms with Crippen LogP contribution in [0.4, 0.5) is 17.2 Å². The standard InChI is InChI=1S/C14H11N5/c1-19(12-4-2-10(7-15)3-5-12)14-13(17)6-11(8-16)9-18-14/h2-6,9H,17H2,1H3. The fraction of sp³-hybridized carbons (Fsp3) is 0.0714. The summed E-state index contributed by atoms with van der Waals surface area (Å²) in [5.41, 5.74) is 8.20. The second-order valence-corrected chi connectivity index (χ2v) is 3.97. The molecule has 19 heavy (non-hydrogen) atoms. The van der Waals surface area contributed by atoms with Crippen molar-refractivity contribution < 1.29 is 0 Å². The van der Waals surface area contributed by atoms with Gasteiger partial charge in [0, 0.05) is 18.9 Å². The Bertz CT molecular complexity index is 676. The molecule has 0 fully saturated rings. The van der Waals surface area contributed by atoms with Crippen LogP contribution in [0, 0.1) is 22.7 Å². The molecule has 1 aromatic heterocycles. The van der Waals surface area contributed by atoms with E-state index in [4.69, 9.17) is 16.3 Å². The van der Waals surface area contributed by atoms with Crippen molar-refractivity contribution >= 4 is 17.2 Å². The number of nitriles is 2. The lowest BCUT2D eigenvalue weighted by Gasteiger charge is -2.19. The molecule has 0 amide bonds. The van der Waals surface area contributed by atoms with E-state index < -0.39 is 0 Å². The largest absolute Gasteiger partial charge is 0.396 e. The van der Waals surface area contributed by atoms with Crippen molar-refractivity contribution in [1.29, 1.82) is 10.5 Å². The first-order valence-corrected chi connectivity index (χ1v) is 5.55. The van der Waals surface area contributed by atoms with Gasteiger partial charge in [-0.05, 0) is 30.3 Å². The van der Waals surface area contributed by atoms with E-state index in [2.05, 4.69) is 11.1 Å². The van der Waals surface area contributed by atoms with Crippen LogP contribution < -0.4 is 10.6 Å². The highest BCUT2D eigenvalue weighted by atomic mass is 15.2. The molecule has 92 valence electrons. The molecule has 1 heterocycles. The Hall–Kier alpha value is -3.05. The van der Waals surface area contributed by atoms with E-state index in [0.717, 1.165) is 5.69 Å². The molecule has 0 unspecified atom stereocenters. The lowest BCUT2D eigenvalue weighted by molar-refractivity contribution is 1.13. The predicted molar refractivity (Wildman–Crippen MR) is 72.6 cm³/mol. The number of nitrogens with two attached hydrogens (primary N) is 1. The van der Waals surface area contributed by atoms with Crippen LogP contribution in [0.15, 0.2) is 36.5 Å². The number of hydrogen-bond donors (Lipinski definition) is 1. The molecule has 0 saturated heterocycles. The van der Waals surface area contributed by atoms with Gasteiger partial charge in [-0.15, -0.1) is 0 Å². The fourth-order valence-corrected chi connectivity index (χ4v) is 1.70. The number of pyridine rings is 1. The van der Waals surface area contributed by atoms with Gasteiger partial charge in [0.2, 0.25) is 0 Å². The van der Waals surface area contributed by atoms with Gasteiger partial charge in [0.05, 0.1) is 22.9 Å². The minimum Gasteiger partial charge on any atom is -0.396 e. The van der Waals surface area contributed by atoms with Gasteiger partial charge >= 0.3 is 0 Å². The van der Waals surface area contributed by atoms with Crippen molar-refractivity contribution in [3.05, 3.63) is 47.7 Å². The van der Waals surface area contributed by atoms with Crippen LogP contribution in [-0.4, -0.2) is 12.0 Å². The monoisotopic (exact) mass is 249 g/mol. The van der Waals surface area contributed by atoms with Crippen molar-refractivity contribution in [2.45, 2.75) is 0 Å². The Morgan fingerprint density at radius 3 is 2.26 bits per heavy atom. The molecular formula is C14H11N5. The van der Waals surface area contributed by atoms with Crippen LogP contribution in [0.1, 0.15) is 11.1 Å². The zero-order chi connectivity index (χ0) is 13.8. The maximum absolute atomic E-state index is 8.78. The normalized spacial score (nSPS) is 9.42. The topological polar surface area (TPSA) is 89.7 Å². The molecule has 0 atom stereocenters. The molecule has 0 aliphatic heterocycles. The summed E-state index contributed by atoms with van der Waals surface area (Å²) in [4.78, 5) is 5.98. The maximum Gasteiger partial charge on any atom is 0.156 e. The predicted octanol–water partition coefficient (Wildman–Crippen LogP) is 2.18. The third-order valence-corrected chi connectivity index (χ3v) is 2.73. The maximum atomic E-state index is 8.78. The molecule has 0 aliphatic carbocycles. The number of rotatable bonds is 2. The minimum atomic E-state index is 0.425. The zero-order valence-corrected chi connectivity index (χ0v) is 10.3. The van der Waals surface area contributed by atoms with Gasteiger partial charge < -0.3 is 10.6 Å². The molecule has 2 rings (SSSR count). The molecule has 0 spiro atoms. The van der Waals surface area contributed by atoms with Gasteiger partial charge in [0.25, 0.3) is 0 Å². The molecule has 5 nitrogen and oxygen atoms in total. The smallest absolute Gasteiger partial charge is 0.156 e. The fourth-order valence-electron chi connectivity index (χ4n) is 1.70. The van der Waals surface area contributed by atoms with E-state index in [0.29, 0.717) is 22.6 Å². The Morgan fingerprint density at radius 2 is 1.74 bits per heavy atom. The van der Waals surface area contributed by atoms with Gasteiger partial charge in [-0.25, -0.2) is 4.98 Å². The SMILES string of the molecule is CN(c1ccc(C#N)cc1)c1ncc(C#N)cc1N. The number of anilines is 3. The lowest BCUT2D eigenvalue weighted by Crippen LogP contribution is -2.13. The molecule has 1 aromatic carbocycles. The van der Waals surface area contributed by atoms with Crippen molar-refractivity contribution in [2.24, 2.45) is 0 Å². The molecule has 2 N–H and O–H groups in total. The summed E-state index contributed by atoms with van der Waals surface area (Å²) in [6.07, 6.45) is 1.48. The summed E-state index contributed by atoms with van der Waals surface area (Å²) in [5, 5.41) is 17.5. The minimum absolute atomic E-state index is 0.425. The summed E-state index contributed by atoms with van der Waals surface area (Å²) in [6.45, 7) is 0. The van der Waals surface area contributed by atoms with E-state index in [9.17, 15) is 0 Å². The van der Waals surface area contributed by atoms with Crippen LogP contribution in [0.3, 0.4) is 0 Å². The number of benzene rings is 1. The molecule has 0 aliphatic rings. The van der Waals surface area contributed by atoms with Gasteiger partial charge in [-0.2, -0.15) is 10.5 Å². The van der Waals surface area contributed by atoms with Crippen molar-refractivity contribution in [2.75, 3.05) is 17.7 Å². The Balaban J connectivity index is 2.36. The second kappa shape index (κ2) is 5.07. The quantitative estimate of drug-likeness (QED) is 0.880. The van der Waals surface area contributed by atoms with Crippen LogP contribution in [0.25, 0.3) is 0 Å². The Kier molecular flexibility index (Phi) is 3.31. The number of hydrogen-bond acceptors (Lipinski definition) is 5. The molecule has 0 radical (unpaired) electrons. The van der Waals surface area contributed by atoms with E-state index in [1.807, 2.05) is 25.2 Å². The zero-order valence-electron chi connectivity index (χ0n) is 10.3. The second-order valence-electron chi connectivity index (χ2n) is 3.97. The summed E-state index contributed by atoms with van der Waals surface area (Å²) < 4.78 is 0. The van der Waals surface area contributed by atoms with Crippen molar-refractivity contribution in [3.8, 4) is 12.1 Å². The van der Waals surface area contributed by atoms with E-state index in [1.54, 1.807) is 23.1 Å². The summed E-state index contributed by atoms with van der Waals surface area (Å²) >= 11 is 0. The average Bonchev–Trinajstić information content (AvgIpc) is 2.46. The van der Waals surface area contributed by atoms with Gasteiger partial charge in [0.1, 0.15) is 6.07 Å². The Morgan fingerprint density at radius 1 is 1.11 bits per heavy atom. The molecule has 2 aromatic rings. The van der Waals surface area contributed by atoms with Crippen LogP contribution in [0.5, 0.6) is 0 Å². The summed E-state index contributed by atoms with van der Waals surface area (Å²) in [7, 11) is 1.83.